The normalized spacial score (nSPS) is 26.2. The van der Waals surface area contributed by atoms with Crippen molar-refractivity contribution in [2.45, 2.75) is 19.3 Å². The van der Waals surface area contributed by atoms with Crippen LogP contribution in [0.1, 0.15) is 19.3 Å². The molecule has 1 aliphatic heterocycles. The quantitative estimate of drug-likeness (QED) is 0.687. The van der Waals surface area contributed by atoms with Crippen LogP contribution in [0.3, 0.4) is 0 Å². The molecule has 0 amide bonds. The molecule has 11 heavy (non-hydrogen) atoms. The fraction of sp³-hybridized carbons (Fsp3) is 1.00. The van der Waals surface area contributed by atoms with Crippen LogP contribution >= 0.6 is 12.4 Å². The molecule has 0 radical (unpaired) electrons. The third-order valence-electron chi connectivity index (χ3n) is 2.30. The van der Waals surface area contributed by atoms with E-state index in [0.29, 0.717) is 0 Å². The van der Waals surface area contributed by atoms with Crippen molar-refractivity contribution in [3.8, 4) is 0 Å². The Labute approximate surface area is 75.5 Å². The molecule has 1 saturated heterocycles. The van der Waals surface area contributed by atoms with E-state index in [4.69, 9.17) is 5.73 Å². The van der Waals surface area contributed by atoms with Crippen LogP contribution < -0.4 is 5.73 Å². The Morgan fingerprint density at radius 1 is 1.55 bits per heavy atom. The van der Waals surface area contributed by atoms with Gasteiger partial charge >= 0.3 is 0 Å². The Hall–Kier alpha value is 0.210. The van der Waals surface area contributed by atoms with Crippen molar-refractivity contribution in [1.29, 1.82) is 0 Å². The molecule has 2 nitrogen and oxygen atoms in total. The van der Waals surface area contributed by atoms with Gasteiger partial charge in [-0.3, -0.25) is 0 Å². The van der Waals surface area contributed by atoms with E-state index in [2.05, 4.69) is 11.9 Å². The van der Waals surface area contributed by atoms with Crippen LogP contribution in [0.25, 0.3) is 0 Å². The smallest absolute Gasteiger partial charge is 0.000709 e. The predicted octanol–water partition coefficient (Wildman–Crippen LogP) is 1.10. The van der Waals surface area contributed by atoms with Crippen molar-refractivity contribution in [3.05, 3.63) is 0 Å². The van der Waals surface area contributed by atoms with Crippen LogP contribution in [0.2, 0.25) is 0 Å². The molecular formula is C8H19ClN2. The Morgan fingerprint density at radius 2 is 2.27 bits per heavy atom. The van der Waals surface area contributed by atoms with Crippen LogP contribution in [0, 0.1) is 5.92 Å². The van der Waals surface area contributed by atoms with Crippen molar-refractivity contribution in [2.24, 2.45) is 11.7 Å². The highest BCUT2D eigenvalue weighted by Gasteiger charge is 2.15. The molecule has 0 bridgehead atoms. The molecule has 0 spiro atoms. The lowest BCUT2D eigenvalue weighted by Gasteiger charge is -2.29. The highest BCUT2D eigenvalue weighted by Crippen LogP contribution is 2.16. The van der Waals surface area contributed by atoms with Crippen molar-refractivity contribution in [3.63, 3.8) is 0 Å². The van der Waals surface area contributed by atoms with E-state index in [0.717, 1.165) is 12.5 Å². The van der Waals surface area contributed by atoms with E-state index < -0.39 is 0 Å². The van der Waals surface area contributed by atoms with Crippen LogP contribution in [0.15, 0.2) is 0 Å². The second-order valence-corrected chi connectivity index (χ2v) is 3.35. The minimum absolute atomic E-state index is 0. The van der Waals surface area contributed by atoms with Gasteiger partial charge in [0.2, 0.25) is 0 Å². The van der Waals surface area contributed by atoms with Crippen LogP contribution in [-0.4, -0.2) is 31.6 Å². The highest BCUT2D eigenvalue weighted by molar-refractivity contribution is 5.85. The maximum absolute atomic E-state index is 5.49. The second-order valence-electron chi connectivity index (χ2n) is 3.35. The van der Waals surface area contributed by atoms with Crippen molar-refractivity contribution in [2.75, 3.05) is 26.7 Å². The molecular weight excluding hydrogens is 160 g/mol. The maximum Gasteiger partial charge on any atom is 0.000709 e. The summed E-state index contributed by atoms with van der Waals surface area (Å²) in [7, 11) is 2.20. The fourth-order valence-corrected chi connectivity index (χ4v) is 1.74. The first-order valence-corrected chi connectivity index (χ1v) is 4.21. The number of hydrogen-bond donors (Lipinski definition) is 1. The average molecular weight is 179 g/mol. The maximum atomic E-state index is 5.49. The minimum atomic E-state index is 0. The summed E-state index contributed by atoms with van der Waals surface area (Å²) in [5, 5.41) is 0. The molecule has 3 heteroatoms. The summed E-state index contributed by atoms with van der Waals surface area (Å²) in [4.78, 5) is 2.41. The third-order valence-corrected chi connectivity index (χ3v) is 2.30. The molecule has 0 saturated carbocycles. The van der Waals surface area contributed by atoms with Gasteiger partial charge in [0.1, 0.15) is 0 Å². The number of nitrogens with zero attached hydrogens (tertiary/aromatic N) is 1. The lowest BCUT2D eigenvalue weighted by molar-refractivity contribution is 0.204. The van der Waals surface area contributed by atoms with Gasteiger partial charge in [-0.2, -0.15) is 0 Å². The first-order chi connectivity index (χ1) is 4.83. The number of piperidine rings is 1. The molecule has 1 heterocycles. The van der Waals surface area contributed by atoms with Crippen LogP contribution in [-0.2, 0) is 0 Å². The summed E-state index contributed by atoms with van der Waals surface area (Å²) in [6.45, 7) is 3.40. The average Bonchev–Trinajstić information content (AvgIpc) is 1.88. The molecule has 2 N–H and O–H groups in total. The summed E-state index contributed by atoms with van der Waals surface area (Å²) in [5.41, 5.74) is 5.49. The fourth-order valence-electron chi connectivity index (χ4n) is 1.74. The zero-order valence-electron chi connectivity index (χ0n) is 7.25. The van der Waals surface area contributed by atoms with Gasteiger partial charge in [0.25, 0.3) is 0 Å². The Bertz CT molecular complexity index is 96.1. The van der Waals surface area contributed by atoms with Gasteiger partial charge < -0.3 is 10.6 Å². The second kappa shape index (κ2) is 5.81. The zero-order chi connectivity index (χ0) is 7.40. The van der Waals surface area contributed by atoms with Crippen LogP contribution in [0.4, 0.5) is 0 Å². The lowest BCUT2D eigenvalue weighted by atomic mass is 9.95. The predicted molar refractivity (Wildman–Crippen MR) is 51.1 cm³/mol. The molecule has 1 unspecified atom stereocenters. The molecule has 0 aliphatic carbocycles. The number of nitrogens with two attached hydrogens (primary N) is 1. The van der Waals surface area contributed by atoms with Gasteiger partial charge in [0.05, 0.1) is 0 Å². The standard InChI is InChI=1S/C8H18N2.ClH/c1-10-6-2-3-8(7-10)4-5-9;/h8H,2-7,9H2,1H3;1H. The van der Waals surface area contributed by atoms with Crippen molar-refractivity contribution < 1.29 is 0 Å². The summed E-state index contributed by atoms with van der Waals surface area (Å²) in [6.07, 6.45) is 3.97. The van der Waals surface area contributed by atoms with E-state index in [1.54, 1.807) is 0 Å². The Morgan fingerprint density at radius 3 is 2.82 bits per heavy atom. The van der Waals surface area contributed by atoms with Crippen molar-refractivity contribution >= 4 is 12.4 Å². The van der Waals surface area contributed by atoms with Gasteiger partial charge in [0.15, 0.2) is 0 Å². The van der Waals surface area contributed by atoms with E-state index in [-0.39, 0.29) is 12.4 Å². The van der Waals surface area contributed by atoms with Gasteiger partial charge in [-0.1, -0.05) is 0 Å². The monoisotopic (exact) mass is 178 g/mol. The summed E-state index contributed by atoms with van der Waals surface area (Å²) in [5.74, 6) is 0.878. The molecule has 1 aliphatic rings. The van der Waals surface area contributed by atoms with Gasteiger partial charge in [-0.25, -0.2) is 0 Å². The molecule has 1 rings (SSSR count). The van der Waals surface area contributed by atoms with E-state index in [9.17, 15) is 0 Å². The zero-order valence-corrected chi connectivity index (χ0v) is 8.07. The molecule has 68 valence electrons. The molecule has 0 aromatic carbocycles. The molecule has 0 aromatic heterocycles. The summed E-state index contributed by atoms with van der Waals surface area (Å²) < 4.78 is 0. The van der Waals surface area contributed by atoms with E-state index >= 15 is 0 Å². The number of halogens is 1. The Kier molecular flexibility index (Phi) is 5.92. The lowest BCUT2D eigenvalue weighted by Crippen LogP contribution is -2.32. The van der Waals surface area contributed by atoms with Crippen molar-refractivity contribution in [1.82, 2.24) is 4.90 Å². The minimum Gasteiger partial charge on any atom is -0.330 e. The third kappa shape index (κ3) is 3.94. The van der Waals surface area contributed by atoms with Gasteiger partial charge in [0, 0.05) is 6.54 Å². The molecule has 1 atom stereocenters. The van der Waals surface area contributed by atoms with E-state index in [1.807, 2.05) is 0 Å². The first-order valence-electron chi connectivity index (χ1n) is 4.21. The Balaban J connectivity index is 0.000001000. The molecule has 0 aromatic rings. The number of hydrogen-bond acceptors (Lipinski definition) is 2. The van der Waals surface area contributed by atoms with Gasteiger partial charge in [-0.05, 0) is 45.3 Å². The summed E-state index contributed by atoms with van der Waals surface area (Å²) >= 11 is 0. The highest BCUT2D eigenvalue weighted by atomic mass is 35.5. The largest absolute Gasteiger partial charge is 0.330 e. The number of likely N-dealkylation sites (tertiary alicyclic amines) is 1. The number of rotatable bonds is 2. The summed E-state index contributed by atoms with van der Waals surface area (Å²) in [6, 6.07) is 0. The van der Waals surface area contributed by atoms with Gasteiger partial charge in [-0.15, -0.1) is 12.4 Å². The first kappa shape index (κ1) is 11.2. The molecule has 1 fully saturated rings. The SMILES string of the molecule is CN1CCCC(CCN)C1.Cl. The topological polar surface area (TPSA) is 29.3 Å². The van der Waals surface area contributed by atoms with Crippen LogP contribution in [0.5, 0.6) is 0 Å². The van der Waals surface area contributed by atoms with E-state index in [1.165, 1.54) is 32.4 Å².